The molecule has 1 aromatic carbocycles. The number of ether oxygens (including phenoxy) is 1. The second-order valence-corrected chi connectivity index (χ2v) is 6.51. The van der Waals surface area contributed by atoms with Crippen LogP contribution in [0.25, 0.3) is 0 Å². The molecule has 0 atom stereocenters. The van der Waals surface area contributed by atoms with Crippen LogP contribution < -0.4 is 4.74 Å². The number of hydrogen-bond acceptors (Lipinski definition) is 2. The van der Waals surface area contributed by atoms with Crippen molar-refractivity contribution < 1.29 is 9.53 Å². The van der Waals surface area contributed by atoms with E-state index >= 15 is 0 Å². The summed E-state index contributed by atoms with van der Waals surface area (Å²) in [5.41, 5.74) is 2.98. The summed E-state index contributed by atoms with van der Waals surface area (Å²) in [4.78, 5) is 12.8. The zero-order valence-corrected chi connectivity index (χ0v) is 13.9. The average Bonchev–Trinajstić information content (AvgIpc) is 2.49. The molecule has 1 saturated carbocycles. The summed E-state index contributed by atoms with van der Waals surface area (Å²) < 4.78 is 5.34. The number of hydrogen-bond donors (Lipinski definition) is 0. The molecule has 1 fully saturated rings. The predicted octanol–water partition coefficient (Wildman–Crippen LogP) is 5.10. The van der Waals surface area contributed by atoms with Gasteiger partial charge in [-0.05, 0) is 68.7 Å². The maximum Gasteiger partial charge on any atom is 0.166 e. The fourth-order valence-electron chi connectivity index (χ4n) is 3.62. The Kier molecular flexibility index (Phi) is 5.44. The lowest BCUT2D eigenvalue weighted by Gasteiger charge is -2.28. The summed E-state index contributed by atoms with van der Waals surface area (Å²) in [5, 5.41) is 0. The Bertz CT molecular complexity index is 497. The van der Waals surface area contributed by atoms with Crippen molar-refractivity contribution in [3.8, 4) is 5.75 Å². The van der Waals surface area contributed by atoms with Crippen LogP contribution in [0.2, 0.25) is 0 Å². The van der Waals surface area contributed by atoms with Crippen molar-refractivity contribution in [3.63, 3.8) is 0 Å². The molecular weight excluding hydrogens is 260 g/mol. The summed E-state index contributed by atoms with van der Waals surface area (Å²) in [6.45, 7) is 6.27. The molecule has 2 nitrogen and oxygen atoms in total. The van der Waals surface area contributed by atoms with Gasteiger partial charge in [-0.3, -0.25) is 4.79 Å². The number of carbonyl (C=O) groups excluding carboxylic acids is 1. The van der Waals surface area contributed by atoms with Crippen LogP contribution in [0.5, 0.6) is 5.75 Å². The topological polar surface area (TPSA) is 26.3 Å². The van der Waals surface area contributed by atoms with Gasteiger partial charge in [-0.1, -0.05) is 19.8 Å². The van der Waals surface area contributed by atoms with Crippen molar-refractivity contribution in [2.24, 2.45) is 11.8 Å². The normalized spacial score (nSPS) is 22.1. The number of methoxy groups -OCH3 is 1. The van der Waals surface area contributed by atoms with Gasteiger partial charge in [-0.15, -0.1) is 0 Å². The molecule has 0 saturated heterocycles. The van der Waals surface area contributed by atoms with Crippen molar-refractivity contribution in [1.82, 2.24) is 0 Å². The zero-order chi connectivity index (χ0) is 15.4. The molecule has 0 heterocycles. The van der Waals surface area contributed by atoms with Crippen LogP contribution in [-0.2, 0) is 0 Å². The highest BCUT2D eigenvalue weighted by molar-refractivity contribution is 5.99. The highest BCUT2D eigenvalue weighted by Crippen LogP contribution is 2.34. The van der Waals surface area contributed by atoms with Crippen LogP contribution in [0.1, 0.15) is 66.9 Å². The van der Waals surface area contributed by atoms with Crippen molar-refractivity contribution in [1.29, 1.82) is 0 Å². The Balaban J connectivity index is 2.09. The number of Topliss-reactive ketones (excluding diaryl/α,β-unsaturated/α-hetero) is 1. The quantitative estimate of drug-likeness (QED) is 0.704. The minimum absolute atomic E-state index is 0.226. The summed E-state index contributed by atoms with van der Waals surface area (Å²) in [6.07, 6.45) is 7.15. The van der Waals surface area contributed by atoms with E-state index in [0.29, 0.717) is 5.78 Å². The first-order valence-corrected chi connectivity index (χ1v) is 8.26. The molecule has 1 aromatic rings. The molecule has 0 aromatic heterocycles. The van der Waals surface area contributed by atoms with Crippen LogP contribution in [0, 0.1) is 25.7 Å². The monoisotopic (exact) mass is 288 g/mol. The van der Waals surface area contributed by atoms with Crippen molar-refractivity contribution in [2.45, 2.75) is 59.3 Å². The third-order valence-corrected chi connectivity index (χ3v) is 4.92. The van der Waals surface area contributed by atoms with Crippen LogP contribution in [-0.4, -0.2) is 12.9 Å². The number of rotatable bonds is 5. The molecule has 0 aliphatic heterocycles. The second kappa shape index (κ2) is 7.11. The van der Waals surface area contributed by atoms with Crippen molar-refractivity contribution in [2.75, 3.05) is 7.11 Å². The lowest BCUT2D eigenvalue weighted by Crippen LogP contribution is -2.22. The molecule has 1 aliphatic carbocycles. The van der Waals surface area contributed by atoms with E-state index < -0.39 is 0 Å². The first-order valence-electron chi connectivity index (χ1n) is 8.26. The van der Waals surface area contributed by atoms with Gasteiger partial charge in [-0.25, -0.2) is 0 Å². The third kappa shape index (κ3) is 3.66. The van der Waals surface area contributed by atoms with Gasteiger partial charge in [0.2, 0.25) is 0 Å². The average molecular weight is 288 g/mol. The molecule has 0 N–H and O–H groups in total. The molecule has 21 heavy (non-hydrogen) atoms. The number of ketones is 1. The van der Waals surface area contributed by atoms with Crippen LogP contribution >= 0.6 is 0 Å². The predicted molar refractivity (Wildman–Crippen MR) is 87.2 cm³/mol. The van der Waals surface area contributed by atoms with E-state index in [2.05, 4.69) is 6.92 Å². The highest BCUT2D eigenvalue weighted by Gasteiger charge is 2.27. The van der Waals surface area contributed by atoms with E-state index in [-0.39, 0.29) is 5.92 Å². The Hall–Kier alpha value is -1.31. The minimum Gasteiger partial charge on any atom is -0.496 e. The van der Waals surface area contributed by atoms with Gasteiger partial charge in [0.1, 0.15) is 5.75 Å². The summed E-state index contributed by atoms with van der Waals surface area (Å²) in [7, 11) is 1.68. The SMILES string of the molecule is CCCC1CCC(C(=O)c2cc(C)c(OC)cc2C)CC1. The Morgan fingerprint density at radius 1 is 1.14 bits per heavy atom. The molecule has 0 spiro atoms. The smallest absolute Gasteiger partial charge is 0.166 e. The largest absolute Gasteiger partial charge is 0.496 e. The Morgan fingerprint density at radius 3 is 2.38 bits per heavy atom. The fraction of sp³-hybridized carbons (Fsp3) is 0.632. The van der Waals surface area contributed by atoms with Gasteiger partial charge in [-0.2, -0.15) is 0 Å². The number of carbonyl (C=O) groups is 1. The van der Waals surface area contributed by atoms with Crippen LogP contribution in [0.3, 0.4) is 0 Å². The van der Waals surface area contributed by atoms with Crippen LogP contribution in [0.15, 0.2) is 12.1 Å². The van der Waals surface area contributed by atoms with Gasteiger partial charge < -0.3 is 4.74 Å². The van der Waals surface area contributed by atoms with Crippen molar-refractivity contribution in [3.05, 3.63) is 28.8 Å². The molecule has 0 unspecified atom stereocenters. The molecule has 116 valence electrons. The van der Waals surface area contributed by atoms with Crippen LogP contribution in [0.4, 0.5) is 0 Å². The summed E-state index contributed by atoms with van der Waals surface area (Å²) in [5.74, 6) is 2.28. The molecular formula is C19H28O2. The molecule has 1 aliphatic rings. The van der Waals surface area contributed by atoms with E-state index in [1.807, 2.05) is 26.0 Å². The van der Waals surface area contributed by atoms with E-state index in [9.17, 15) is 4.79 Å². The lowest BCUT2D eigenvalue weighted by atomic mass is 9.76. The zero-order valence-electron chi connectivity index (χ0n) is 13.9. The molecule has 0 amide bonds. The van der Waals surface area contributed by atoms with E-state index in [4.69, 9.17) is 4.74 Å². The van der Waals surface area contributed by atoms with Gasteiger partial charge in [0, 0.05) is 11.5 Å². The first kappa shape index (κ1) is 16.1. The molecule has 0 bridgehead atoms. The third-order valence-electron chi connectivity index (χ3n) is 4.92. The van der Waals surface area contributed by atoms with Gasteiger partial charge >= 0.3 is 0 Å². The standard InChI is InChI=1S/C19H28O2/c1-5-6-15-7-9-16(10-8-15)19(20)17-11-14(3)18(21-4)12-13(17)2/h11-12,15-16H,5-10H2,1-4H3. The molecule has 0 radical (unpaired) electrons. The Morgan fingerprint density at radius 2 is 1.81 bits per heavy atom. The van der Waals surface area contributed by atoms with E-state index in [1.165, 1.54) is 25.7 Å². The fourth-order valence-corrected chi connectivity index (χ4v) is 3.62. The van der Waals surface area contributed by atoms with Gasteiger partial charge in [0.05, 0.1) is 7.11 Å². The maximum atomic E-state index is 12.8. The second-order valence-electron chi connectivity index (χ2n) is 6.51. The summed E-state index contributed by atoms with van der Waals surface area (Å²) >= 11 is 0. The van der Waals surface area contributed by atoms with E-state index in [1.54, 1.807) is 7.11 Å². The van der Waals surface area contributed by atoms with Gasteiger partial charge in [0.15, 0.2) is 5.78 Å². The molecule has 2 rings (SSSR count). The number of benzene rings is 1. The first-order chi connectivity index (χ1) is 10.1. The maximum absolute atomic E-state index is 12.8. The molecule has 2 heteroatoms. The Labute approximate surface area is 128 Å². The van der Waals surface area contributed by atoms with Gasteiger partial charge in [0.25, 0.3) is 0 Å². The summed E-state index contributed by atoms with van der Waals surface area (Å²) in [6, 6.07) is 4.00. The van der Waals surface area contributed by atoms with Crippen molar-refractivity contribution >= 4 is 5.78 Å². The van der Waals surface area contributed by atoms with E-state index in [0.717, 1.165) is 41.2 Å². The highest BCUT2D eigenvalue weighted by atomic mass is 16.5. The lowest BCUT2D eigenvalue weighted by molar-refractivity contribution is 0.0869. The number of aryl methyl sites for hydroxylation is 2. The minimum atomic E-state index is 0.226.